The Bertz CT molecular complexity index is 589. The number of carboxylic acids is 1. The number of anilines is 1. The second-order valence-corrected chi connectivity index (χ2v) is 7.65. The molecule has 0 saturated heterocycles. The lowest BCUT2D eigenvalue weighted by molar-refractivity contribution is -0.145. The SMILES string of the molecule is CC(C)[C@](O)(CCc1ccc(NC(=O)OC(C)(C)C)cc1)CC(=O)O. The van der Waals surface area contributed by atoms with Crippen LogP contribution in [0.2, 0.25) is 0 Å². The van der Waals surface area contributed by atoms with Crippen LogP contribution in [0.25, 0.3) is 0 Å². The van der Waals surface area contributed by atoms with E-state index in [1.165, 1.54) is 0 Å². The van der Waals surface area contributed by atoms with E-state index in [4.69, 9.17) is 9.84 Å². The number of ether oxygens (including phenoxy) is 1. The van der Waals surface area contributed by atoms with E-state index in [0.717, 1.165) is 5.56 Å². The number of carbonyl (C=O) groups is 2. The molecule has 1 atom stereocenters. The van der Waals surface area contributed by atoms with Crippen molar-refractivity contribution < 1.29 is 24.5 Å². The molecule has 0 aliphatic carbocycles. The van der Waals surface area contributed by atoms with Crippen LogP contribution in [-0.2, 0) is 16.0 Å². The highest BCUT2D eigenvalue weighted by molar-refractivity contribution is 5.84. The van der Waals surface area contributed by atoms with Crippen molar-refractivity contribution in [3.63, 3.8) is 0 Å². The molecule has 0 radical (unpaired) electrons. The summed E-state index contributed by atoms with van der Waals surface area (Å²) in [5.74, 6) is -1.16. The lowest BCUT2D eigenvalue weighted by Crippen LogP contribution is -2.38. The summed E-state index contributed by atoms with van der Waals surface area (Å²) in [5.41, 5.74) is -0.226. The molecule has 0 bridgehead atoms. The number of amides is 1. The number of rotatable bonds is 7. The van der Waals surface area contributed by atoms with Crippen LogP contribution in [0.5, 0.6) is 0 Å². The first-order valence-electron chi connectivity index (χ1n) is 8.44. The number of hydrogen-bond donors (Lipinski definition) is 3. The van der Waals surface area contributed by atoms with Crippen LogP contribution >= 0.6 is 0 Å². The smallest absolute Gasteiger partial charge is 0.412 e. The average Bonchev–Trinajstić information content (AvgIpc) is 2.43. The number of carbonyl (C=O) groups excluding carboxylic acids is 1. The zero-order chi connectivity index (χ0) is 19.3. The standard InChI is InChI=1S/C19H29NO5/c1-13(2)19(24,12-16(21)22)11-10-14-6-8-15(9-7-14)20-17(23)25-18(3,4)5/h6-9,13,24H,10-12H2,1-5H3,(H,20,23)(H,21,22)/t19-/m0/s1. The van der Waals surface area contributed by atoms with Gasteiger partial charge < -0.3 is 14.9 Å². The van der Waals surface area contributed by atoms with Gasteiger partial charge in [-0.3, -0.25) is 10.1 Å². The molecular weight excluding hydrogens is 322 g/mol. The first kappa shape index (κ1) is 21.0. The van der Waals surface area contributed by atoms with Crippen molar-refractivity contribution in [2.75, 3.05) is 5.32 Å². The molecule has 3 N–H and O–H groups in total. The molecule has 0 saturated carbocycles. The second kappa shape index (κ2) is 8.34. The molecule has 25 heavy (non-hydrogen) atoms. The third-order valence-electron chi connectivity index (χ3n) is 3.98. The van der Waals surface area contributed by atoms with Gasteiger partial charge in [0.1, 0.15) is 5.60 Å². The number of carboxylic acid groups (broad SMARTS) is 1. The number of aliphatic hydroxyl groups is 1. The summed E-state index contributed by atoms with van der Waals surface area (Å²) in [7, 11) is 0. The van der Waals surface area contributed by atoms with E-state index in [1.54, 1.807) is 32.9 Å². The Kier molecular flexibility index (Phi) is 6.99. The fourth-order valence-corrected chi connectivity index (χ4v) is 2.38. The van der Waals surface area contributed by atoms with E-state index < -0.39 is 23.3 Å². The minimum atomic E-state index is -1.24. The van der Waals surface area contributed by atoms with E-state index >= 15 is 0 Å². The Hall–Kier alpha value is -2.08. The molecule has 0 heterocycles. The molecule has 6 heteroatoms. The maximum Gasteiger partial charge on any atom is 0.412 e. The number of aliphatic carboxylic acids is 1. The van der Waals surface area contributed by atoms with E-state index in [9.17, 15) is 14.7 Å². The van der Waals surface area contributed by atoms with Gasteiger partial charge in [0.05, 0.1) is 12.0 Å². The predicted octanol–water partition coefficient (Wildman–Crippen LogP) is 3.83. The largest absolute Gasteiger partial charge is 0.481 e. The summed E-state index contributed by atoms with van der Waals surface area (Å²) in [6.45, 7) is 9.02. The van der Waals surface area contributed by atoms with Crippen LogP contribution in [0, 0.1) is 5.92 Å². The van der Waals surface area contributed by atoms with Gasteiger partial charge in [0.25, 0.3) is 0 Å². The van der Waals surface area contributed by atoms with E-state index in [2.05, 4.69) is 5.32 Å². The minimum Gasteiger partial charge on any atom is -0.481 e. The summed E-state index contributed by atoms with van der Waals surface area (Å²) < 4.78 is 5.19. The Morgan fingerprint density at radius 2 is 1.72 bits per heavy atom. The normalized spacial score (nSPS) is 14.0. The molecule has 0 spiro atoms. The molecular formula is C19H29NO5. The third kappa shape index (κ3) is 7.56. The fourth-order valence-electron chi connectivity index (χ4n) is 2.38. The third-order valence-corrected chi connectivity index (χ3v) is 3.98. The van der Waals surface area contributed by atoms with Crippen molar-refractivity contribution >= 4 is 17.7 Å². The van der Waals surface area contributed by atoms with Crippen molar-refractivity contribution in [3.05, 3.63) is 29.8 Å². The Labute approximate surface area is 149 Å². The first-order valence-corrected chi connectivity index (χ1v) is 8.44. The average molecular weight is 351 g/mol. The number of nitrogens with one attached hydrogen (secondary N) is 1. The molecule has 0 unspecified atom stereocenters. The van der Waals surface area contributed by atoms with E-state index in [1.807, 2.05) is 26.0 Å². The zero-order valence-electron chi connectivity index (χ0n) is 15.6. The monoisotopic (exact) mass is 351 g/mol. The van der Waals surface area contributed by atoms with Crippen molar-refractivity contribution in [2.45, 2.75) is 65.1 Å². The van der Waals surface area contributed by atoms with Gasteiger partial charge in [0, 0.05) is 5.69 Å². The van der Waals surface area contributed by atoms with Crippen molar-refractivity contribution in [1.29, 1.82) is 0 Å². The Morgan fingerprint density at radius 1 is 1.16 bits per heavy atom. The van der Waals surface area contributed by atoms with Crippen LogP contribution in [0.4, 0.5) is 10.5 Å². The van der Waals surface area contributed by atoms with Crippen LogP contribution in [0.3, 0.4) is 0 Å². The van der Waals surface area contributed by atoms with Gasteiger partial charge in [-0.1, -0.05) is 26.0 Å². The summed E-state index contributed by atoms with van der Waals surface area (Å²) >= 11 is 0. The topological polar surface area (TPSA) is 95.9 Å². The molecule has 1 aromatic rings. The summed E-state index contributed by atoms with van der Waals surface area (Å²) in [6.07, 6.45) is 0.115. The highest BCUT2D eigenvalue weighted by Gasteiger charge is 2.33. The summed E-state index contributed by atoms with van der Waals surface area (Å²) in [6, 6.07) is 7.19. The second-order valence-electron chi connectivity index (χ2n) is 7.65. The van der Waals surface area contributed by atoms with Crippen LogP contribution in [-0.4, -0.2) is 33.5 Å². The number of aryl methyl sites for hydroxylation is 1. The van der Waals surface area contributed by atoms with Gasteiger partial charge in [-0.15, -0.1) is 0 Å². The maximum absolute atomic E-state index is 11.7. The van der Waals surface area contributed by atoms with Crippen molar-refractivity contribution in [3.8, 4) is 0 Å². The number of hydrogen-bond acceptors (Lipinski definition) is 4. The van der Waals surface area contributed by atoms with Gasteiger partial charge in [-0.25, -0.2) is 4.79 Å². The van der Waals surface area contributed by atoms with Gasteiger partial charge in [0.2, 0.25) is 0 Å². The molecule has 0 aliphatic rings. The zero-order valence-corrected chi connectivity index (χ0v) is 15.6. The highest BCUT2D eigenvalue weighted by Crippen LogP contribution is 2.27. The lowest BCUT2D eigenvalue weighted by atomic mass is 9.82. The summed E-state index contributed by atoms with van der Waals surface area (Å²) in [4.78, 5) is 22.7. The van der Waals surface area contributed by atoms with E-state index in [-0.39, 0.29) is 12.3 Å². The molecule has 0 fully saturated rings. The quantitative estimate of drug-likeness (QED) is 0.694. The lowest BCUT2D eigenvalue weighted by Gasteiger charge is -2.30. The minimum absolute atomic E-state index is 0.156. The van der Waals surface area contributed by atoms with Crippen LogP contribution in [0.15, 0.2) is 24.3 Å². The highest BCUT2D eigenvalue weighted by atomic mass is 16.6. The molecule has 1 rings (SSSR count). The molecule has 0 aliphatic heterocycles. The fraction of sp³-hybridized carbons (Fsp3) is 0.579. The van der Waals surface area contributed by atoms with E-state index in [0.29, 0.717) is 18.5 Å². The molecule has 140 valence electrons. The predicted molar refractivity (Wildman–Crippen MR) is 96.7 cm³/mol. The van der Waals surface area contributed by atoms with Gasteiger partial charge in [-0.05, 0) is 57.2 Å². The molecule has 0 aromatic heterocycles. The van der Waals surface area contributed by atoms with Gasteiger partial charge in [-0.2, -0.15) is 0 Å². The molecule has 1 aromatic carbocycles. The molecule has 6 nitrogen and oxygen atoms in total. The first-order chi connectivity index (χ1) is 11.4. The Morgan fingerprint density at radius 3 is 2.16 bits per heavy atom. The maximum atomic E-state index is 11.7. The van der Waals surface area contributed by atoms with Gasteiger partial charge in [0.15, 0.2) is 0 Å². The summed E-state index contributed by atoms with van der Waals surface area (Å²) in [5, 5.41) is 22.2. The van der Waals surface area contributed by atoms with Crippen LogP contribution < -0.4 is 5.32 Å². The number of benzene rings is 1. The van der Waals surface area contributed by atoms with Gasteiger partial charge >= 0.3 is 12.1 Å². The van der Waals surface area contributed by atoms with Crippen molar-refractivity contribution in [2.24, 2.45) is 5.92 Å². The van der Waals surface area contributed by atoms with Crippen molar-refractivity contribution in [1.82, 2.24) is 0 Å². The Balaban J connectivity index is 2.64. The molecule has 1 amide bonds. The van der Waals surface area contributed by atoms with Crippen LogP contribution in [0.1, 0.15) is 53.0 Å².